The summed E-state index contributed by atoms with van der Waals surface area (Å²) < 4.78 is 18.1. The summed E-state index contributed by atoms with van der Waals surface area (Å²) in [6, 6.07) is 12.1. The molecule has 178 valence electrons. The maximum Gasteiger partial charge on any atom is 0.414 e. The lowest BCUT2D eigenvalue weighted by atomic mass is 9.95. The SMILES string of the molecule is CN(C)C(=O)Oc1c(C(Nc2ncccn2)c2ccc(C(=O)OF)cc2)cc(Cl)c2cccnc12. The predicted molar refractivity (Wildman–Crippen MR) is 127 cm³/mol. The lowest BCUT2D eigenvalue weighted by molar-refractivity contribution is -0.0788. The van der Waals surface area contributed by atoms with Crippen molar-refractivity contribution in [2.75, 3.05) is 19.4 Å². The lowest BCUT2D eigenvalue weighted by Gasteiger charge is -2.24. The van der Waals surface area contributed by atoms with Crippen LogP contribution in [0.15, 0.2) is 67.1 Å². The Kier molecular flexibility index (Phi) is 7.02. The van der Waals surface area contributed by atoms with E-state index in [1.165, 1.54) is 17.0 Å². The molecule has 2 heterocycles. The van der Waals surface area contributed by atoms with Gasteiger partial charge in [-0.15, -0.1) is 0 Å². The van der Waals surface area contributed by atoms with Crippen LogP contribution in [0.25, 0.3) is 10.9 Å². The van der Waals surface area contributed by atoms with Crippen molar-refractivity contribution in [3.05, 3.63) is 88.8 Å². The highest BCUT2D eigenvalue weighted by Gasteiger charge is 2.26. The lowest BCUT2D eigenvalue weighted by Crippen LogP contribution is -2.26. The molecule has 9 nitrogen and oxygen atoms in total. The third-order valence-corrected chi connectivity index (χ3v) is 5.39. The van der Waals surface area contributed by atoms with Gasteiger partial charge in [0.05, 0.1) is 16.6 Å². The van der Waals surface area contributed by atoms with E-state index in [0.29, 0.717) is 27.1 Å². The molecular formula is C24H19ClFN5O4. The largest absolute Gasteiger partial charge is 0.414 e. The van der Waals surface area contributed by atoms with Gasteiger partial charge < -0.3 is 15.0 Å². The second kappa shape index (κ2) is 10.3. The number of carbonyl (C=O) groups excluding carboxylic acids is 2. The average Bonchev–Trinajstić information content (AvgIpc) is 2.89. The fourth-order valence-electron chi connectivity index (χ4n) is 3.40. The molecule has 0 aliphatic rings. The Hall–Kier alpha value is -4.31. The Balaban J connectivity index is 1.92. The van der Waals surface area contributed by atoms with Crippen molar-refractivity contribution in [1.82, 2.24) is 19.9 Å². The van der Waals surface area contributed by atoms with Crippen LogP contribution in [-0.2, 0) is 4.94 Å². The third kappa shape index (κ3) is 5.12. The Bertz CT molecular complexity index is 1370. The van der Waals surface area contributed by atoms with E-state index >= 15 is 0 Å². The minimum atomic E-state index is -1.12. The van der Waals surface area contributed by atoms with Crippen LogP contribution < -0.4 is 10.1 Å². The number of ether oxygens (including phenoxy) is 1. The molecule has 0 aliphatic carbocycles. The summed E-state index contributed by atoms with van der Waals surface area (Å²) in [7, 11) is 3.12. The molecule has 11 heteroatoms. The molecule has 0 spiro atoms. The van der Waals surface area contributed by atoms with Crippen molar-refractivity contribution in [3.63, 3.8) is 0 Å². The normalized spacial score (nSPS) is 11.5. The van der Waals surface area contributed by atoms with Crippen LogP contribution in [0.2, 0.25) is 5.02 Å². The number of nitrogens with zero attached hydrogens (tertiary/aromatic N) is 4. The molecule has 0 fully saturated rings. The van der Waals surface area contributed by atoms with Crippen LogP contribution >= 0.6 is 11.6 Å². The number of amides is 1. The number of anilines is 1. The standard InChI is InChI=1S/C24H19ClFN5O4/c1-31(2)24(33)34-21-17(13-18(25)16-5-3-10-27-20(16)21)19(30-23-28-11-4-12-29-23)14-6-8-15(9-7-14)22(32)35-26/h3-13,19H,1-2H3,(H,28,29,30). The fourth-order valence-corrected chi connectivity index (χ4v) is 3.67. The van der Waals surface area contributed by atoms with Gasteiger partial charge in [0, 0.05) is 48.2 Å². The number of rotatable bonds is 6. The summed E-state index contributed by atoms with van der Waals surface area (Å²) >= 11 is 6.60. The van der Waals surface area contributed by atoms with Gasteiger partial charge in [-0.2, -0.15) is 0 Å². The quantitative estimate of drug-likeness (QED) is 0.399. The fraction of sp³-hybridized carbons (Fsp3) is 0.125. The van der Waals surface area contributed by atoms with Crippen LogP contribution in [0.4, 0.5) is 15.3 Å². The number of aromatic nitrogens is 3. The molecule has 0 bridgehead atoms. The number of pyridine rings is 1. The van der Waals surface area contributed by atoms with Gasteiger partial charge in [0.2, 0.25) is 5.95 Å². The molecule has 0 saturated carbocycles. The zero-order valence-corrected chi connectivity index (χ0v) is 19.4. The Morgan fingerprint density at radius 3 is 2.37 bits per heavy atom. The number of fused-ring (bicyclic) bond motifs is 1. The summed E-state index contributed by atoms with van der Waals surface area (Å²) in [6.45, 7) is 0. The summed E-state index contributed by atoms with van der Waals surface area (Å²) in [5.41, 5.74) is 1.47. The minimum absolute atomic E-state index is 0.0171. The molecule has 0 saturated heterocycles. The number of nitrogens with one attached hydrogen (secondary N) is 1. The Morgan fingerprint density at radius 2 is 1.71 bits per heavy atom. The van der Waals surface area contributed by atoms with Crippen LogP contribution in [0.5, 0.6) is 5.75 Å². The zero-order chi connectivity index (χ0) is 24.9. The van der Waals surface area contributed by atoms with E-state index in [-0.39, 0.29) is 17.3 Å². The first kappa shape index (κ1) is 23.8. The van der Waals surface area contributed by atoms with Gasteiger partial charge in [0.25, 0.3) is 0 Å². The van der Waals surface area contributed by atoms with Crippen LogP contribution in [0, 0.1) is 0 Å². The molecule has 1 amide bonds. The van der Waals surface area contributed by atoms with Gasteiger partial charge >= 0.3 is 12.1 Å². The molecule has 1 atom stereocenters. The Morgan fingerprint density at radius 1 is 1.03 bits per heavy atom. The second-order valence-electron chi connectivity index (χ2n) is 7.58. The predicted octanol–water partition coefficient (Wildman–Crippen LogP) is 4.98. The van der Waals surface area contributed by atoms with E-state index < -0.39 is 18.1 Å². The summed E-state index contributed by atoms with van der Waals surface area (Å²) in [5, 5.41) is 4.18. The highest BCUT2D eigenvalue weighted by atomic mass is 35.5. The van der Waals surface area contributed by atoms with Gasteiger partial charge in [-0.05, 0) is 42.0 Å². The van der Waals surface area contributed by atoms with E-state index in [9.17, 15) is 14.1 Å². The Labute approximate surface area is 204 Å². The van der Waals surface area contributed by atoms with Crippen molar-refractivity contribution < 1.29 is 23.8 Å². The smallest absolute Gasteiger partial charge is 0.407 e. The minimum Gasteiger partial charge on any atom is -0.407 e. The number of hydrogen-bond donors (Lipinski definition) is 1. The monoisotopic (exact) mass is 495 g/mol. The molecule has 0 radical (unpaired) electrons. The van der Waals surface area contributed by atoms with Gasteiger partial charge in [-0.3, -0.25) is 4.98 Å². The summed E-state index contributed by atoms with van der Waals surface area (Å²) in [5.74, 6) is -0.651. The number of halogens is 2. The van der Waals surface area contributed by atoms with Crippen LogP contribution in [0.1, 0.15) is 27.5 Å². The highest BCUT2D eigenvalue weighted by Crippen LogP contribution is 2.40. The van der Waals surface area contributed by atoms with Crippen molar-refractivity contribution >= 4 is 40.5 Å². The van der Waals surface area contributed by atoms with E-state index in [1.807, 2.05) is 0 Å². The molecular weight excluding hydrogens is 477 g/mol. The van der Waals surface area contributed by atoms with Crippen LogP contribution in [-0.4, -0.2) is 46.0 Å². The number of hydrogen-bond acceptors (Lipinski definition) is 8. The molecule has 35 heavy (non-hydrogen) atoms. The summed E-state index contributed by atoms with van der Waals surface area (Å²) in [4.78, 5) is 41.6. The maximum atomic E-state index is 12.6. The van der Waals surface area contributed by atoms with Crippen molar-refractivity contribution in [2.24, 2.45) is 0 Å². The van der Waals surface area contributed by atoms with Crippen molar-refractivity contribution in [1.29, 1.82) is 0 Å². The maximum absolute atomic E-state index is 12.6. The van der Waals surface area contributed by atoms with Gasteiger partial charge in [0.15, 0.2) is 5.75 Å². The molecule has 1 N–H and O–H groups in total. The highest BCUT2D eigenvalue weighted by molar-refractivity contribution is 6.35. The number of carbonyl (C=O) groups is 2. The molecule has 4 aromatic rings. The van der Waals surface area contributed by atoms with E-state index in [4.69, 9.17) is 16.3 Å². The third-order valence-electron chi connectivity index (χ3n) is 5.08. The second-order valence-corrected chi connectivity index (χ2v) is 7.98. The van der Waals surface area contributed by atoms with Crippen molar-refractivity contribution in [3.8, 4) is 5.75 Å². The molecule has 4 rings (SSSR count). The van der Waals surface area contributed by atoms with E-state index in [2.05, 4.69) is 25.2 Å². The van der Waals surface area contributed by atoms with Crippen LogP contribution in [0.3, 0.4) is 0 Å². The average molecular weight is 496 g/mol. The molecule has 1 unspecified atom stereocenters. The topological polar surface area (TPSA) is 107 Å². The molecule has 2 aromatic heterocycles. The molecule has 2 aromatic carbocycles. The number of benzene rings is 2. The van der Waals surface area contributed by atoms with E-state index in [0.717, 1.165) is 0 Å². The first-order chi connectivity index (χ1) is 16.9. The first-order valence-corrected chi connectivity index (χ1v) is 10.7. The van der Waals surface area contributed by atoms with E-state index in [1.54, 1.807) is 69.1 Å². The first-order valence-electron chi connectivity index (χ1n) is 10.3. The van der Waals surface area contributed by atoms with Gasteiger partial charge in [0.1, 0.15) is 5.52 Å². The summed E-state index contributed by atoms with van der Waals surface area (Å²) in [6.07, 6.45) is 4.08. The van der Waals surface area contributed by atoms with Gasteiger partial charge in [-0.1, -0.05) is 23.7 Å². The molecule has 0 aliphatic heterocycles. The zero-order valence-electron chi connectivity index (χ0n) is 18.6. The van der Waals surface area contributed by atoms with Gasteiger partial charge in [-0.25, -0.2) is 24.5 Å². The van der Waals surface area contributed by atoms with Crippen molar-refractivity contribution in [2.45, 2.75) is 6.04 Å².